The second-order valence-corrected chi connectivity index (χ2v) is 5.89. The highest BCUT2D eigenvalue weighted by Crippen LogP contribution is 2.22. The lowest BCUT2D eigenvalue weighted by molar-refractivity contribution is -0.141. The first-order chi connectivity index (χ1) is 9.16. The highest BCUT2D eigenvalue weighted by Gasteiger charge is 2.19. The van der Waals surface area contributed by atoms with Gasteiger partial charge < -0.3 is 5.11 Å². The molecule has 4 heteroatoms. The van der Waals surface area contributed by atoms with Crippen LogP contribution >= 0.6 is 22.9 Å². The molecule has 0 amide bonds. The molecule has 0 aliphatic rings. The number of benzene rings is 1. The molecule has 0 aliphatic carbocycles. The van der Waals surface area contributed by atoms with Crippen LogP contribution in [0.3, 0.4) is 0 Å². The summed E-state index contributed by atoms with van der Waals surface area (Å²) in [6.45, 7) is 0. The molecule has 19 heavy (non-hydrogen) atoms. The SMILES string of the molecule is O=C(O)C(CCc1cccs1)Cc1ccccc1Cl. The van der Waals surface area contributed by atoms with E-state index in [1.165, 1.54) is 4.88 Å². The highest BCUT2D eigenvalue weighted by molar-refractivity contribution is 7.09. The summed E-state index contributed by atoms with van der Waals surface area (Å²) in [6, 6.07) is 11.5. The largest absolute Gasteiger partial charge is 0.481 e. The van der Waals surface area contributed by atoms with E-state index in [-0.39, 0.29) is 5.92 Å². The van der Waals surface area contributed by atoms with Gasteiger partial charge in [-0.15, -0.1) is 11.3 Å². The Morgan fingerprint density at radius 3 is 2.68 bits per heavy atom. The van der Waals surface area contributed by atoms with Gasteiger partial charge in [0.25, 0.3) is 0 Å². The van der Waals surface area contributed by atoms with Crippen molar-refractivity contribution < 1.29 is 9.90 Å². The van der Waals surface area contributed by atoms with Crippen molar-refractivity contribution in [3.63, 3.8) is 0 Å². The number of carboxylic acids is 1. The van der Waals surface area contributed by atoms with Crippen LogP contribution in [0.5, 0.6) is 0 Å². The van der Waals surface area contributed by atoms with Crippen molar-refractivity contribution in [2.45, 2.75) is 19.3 Å². The predicted molar refractivity (Wildman–Crippen MR) is 78.9 cm³/mol. The maximum absolute atomic E-state index is 11.3. The van der Waals surface area contributed by atoms with E-state index in [0.717, 1.165) is 12.0 Å². The molecular formula is C15H15ClO2S. The smallest absolute Gasteiger partial charge is 0.306 e. The summed E-state index contributed by atoms with van der Waals surface area (Å²) >= 11 is 7.75. The van der Waals surface area contributed by atoms with Crippen molar-refractivity contribution in [1.29, 1.82) is 0 Å². The van der Waals surface area contributed by atoms with E-state index in [2.05, 4.69) is 0 Å². The maximum Gasteiger partial charge on any atom is 0.306 e. The molecule has 1 heterocycles. The number of hydrogen-bond acceptors (Lipinski definition) is 2. The zero-order valence-corrected chi connectivity index (χ0v) is 12.0. The molecule has 100 valence electrons. The van der Waals surface area contributed by atoms with Gasteiger partial charge in [-0.2, -0.15) is 0 Å². The van der Waals surface area contributed by atoms with Gasteiger partial charge in [0.15, 0.2) is 0 Å². The zero-order chi connectivity index (χ0) is 13.7. The molecular weight excluding hydrogens is 280 g/mol. The second kappa shape index (κ2) is 6.73. The Morgan fingerprint density at radius 1 is 1.26 bits per heavy atom. The Hall–Kier alpha value is -1.32. The maximum atomic E-state index is 11.3. The van der Waals surface area contributed by atoms with E-state index in [0.29, 0.717) is 17.9 Å². The number of thiophene rings is 1. The predicted octanol–water partition coefficient (Wildman–Crippen LogP) is 4.28. The van der Waals surface area contributed by atoms with Gasteiger partial charge in [-0.05, 0) is 42.3 Å². The summed E-state index contributed by atoms with van der Waals surface area (Å²) in [5.41, 5.74) is 0.905. The molecule has 0 fully saturated rings. The summed E-state index contributed by atoms with van der Waals surface area (Å²) in [5.74, 6) is -1.14. The zero-order valence-electron chi connectivity index (χ0n) is 10.4. The number of aryl methyl sites for hydroxylation is 1. The molecule has 1 atom stereocenters. The van der Waals surface area contributed by atoms with Crippen LogP contribution < -0.4 is 0 Å². The number of carbonyl (C=O) groups is 1. The molecule has 1 aromatic carbocycles. The van der Waals surface area contributed by atoms with Crippen LogP contribution in [0.25, 0.3) is 0 Å². The highest BCUT2D eigenvalue weighted by atomic mass is 35.5. The lowest BCUT2D eigenvalue weighted by atomic mass is 9.94. The van der Waals surface area contributed by atoms with E-state index in [1.807, 2.05) is 35.7 Å². The fraction of sp³-hybridized carbons (Fsp3) is 0.267. The lowest BCUT2D eigenvalue weighted by Gasteiger charge is -2.12. The molecule has 2 rings (SSSR count). The number of carboxylic acid groups (broad SMARTS) is 1. The van der Waals surface area contributed by atoms with Crippen LogP contribution in [-0.4, -0.2) is 11.1 Å². The van der Waals surface area contributed by atoms with E-state index in [4.69, 9.17) is 11.6 Å². The van der Waals surface area contributed by atoms with Crippen LogP contribution in [0.15, 0.2) is 41.8 Å². The molecule has 0 spiro atoms. The van der Waals surface area contributed by atoms with Gasteiger partial charge in [0.2, 0.25) is 0 Å². The van der Waals surface area contributed by atoms with Crippen molar-refractivity contribution in [2.75, 3.05) is 0 Å². The first-order valence-electron chi connectivity index (χ1n) is 6.15. The minimum absolute atomic E-state index is 0.387. The van der Waals surface area contributed by atoms with Crippen molar-refractivity contribution in [2.24, 2.45) is 5.92 Å². The number of aliphatic carboxylic acids is 1. The minimum Gasteiger partial charge on any atom is -0.481 e. The molecule has 2 aromatic rings. The number of hydrogen-bond donors (Lipinski definition) is 1. The third-order valence-corrected chi connectivity index (χ3v) is 4.40. The van der Waals surface area contributed by atoms with Crippen LogP contribution in [-0.2, 0) is 17.6 Å². The van der Waals surface area contributed by atoms with Gasteiger partial charge in [-0.1, -0.05) is 35.9 Å². The first-order valence-corrected chi connectivity index (χ1v) is 7.41. The Labute approximate surface area is 121 Å². The van der Waals surface area contributed by atoms with Crippen LogP contribution in [0.2, 0.25) is 5.02 Å². The third-order valence-electron chi connectivity index (χ3n) is 3.09. The molecule has 0 bridgehead atoms. The van der Waals surface area contributed by atoms with Gasteiger partial charge in [0, 0.05) is 9.90 Å². The van der Waals surface area contributed by atoms with E-state index >= 15 is 0 Å². The van der Waals surface area contributed by atoms with Crippen molar-refractivity contribution >= 4 is 28.9 Å². The van der Waals surface area contributed by atoms with E-state index in [1.54, 1.807) is 17.4 Å². The van der Waals surface area contributed by atoms with Crippen molar-refractivity contribution in [3.8, 4) is 0 Å². The van der Waals surface area contributed by atoms with E-state index < -0.39 is 5.97 Å². The summed E-state index contributed by atoms with van der Waals surface area (Å²) in [6.07, 6.45) is 1.93. The van der Waals surface area contributed by atoms with Gasteiger partial charge in [-0.3, -0.25) is 4.79 Å². The van der Waals surface area contributed by atoms with Gasteiger partial charge >= 0.3 is 5.97 Å². The van der Waals surface area contributed by atoms with E-state index in [9.17, 15) is 9.90 Å². The van der Waals surface area contributed by atoms with Gasteiger partial charge in [-0.25, -0.2) is 0 Å². The fourth-order valence-corrected chi connectivity index (χ4v) is 2.95. The van der Waals surface area contributed by atoms with Gasteiger partial charge in [0.05, 0.1) is 5.92 Å². The topological polar surface area (TPSA) is 37.3 Å². The molecule has 0 radical (unpaired) electrons. The standard InChI is InChI=1S/C15H15ClO2S/c16-14-6-2-1-4-11(14)10-12(15(17)18)7-8-13-5-3-9-19-13/h1-6,9,12H,7-8,10H2,(H,17,18). The van der Waals surface area contributed by atoms with Crippen molar-refractivity contribution in [1.82, 2.24) is 0 Å². The molecule has 1 aromatic heterocycles. The Morgan fingerprint density at radius 2 is 2.05 bits per heavy atom. The van der Waals surface area contributed by atoms with Crippen LogP contribution in [0.4, 0.5) is 0 Å². The molecule has 2 nitrogen and oxygen atoms in total. The summed E-state index contributed by atoms with van der Waals surface area (Å²) in [4.78, 5) is 12.6. The second-order valence-electron chi connectivity index (χ2n) is 4.45. The normalized spacial score (nSPS) is 12.3. The van der Waals surface area contributed by atoms with Crippen LogP contribution in [0, 0.1) is 5.92 Å². The van der Waals surface area contributed by atoms with Crippen molar-refractivity contribution in [3.05, 3.63) is 57.2 Å². The minimum atomic E-state index is -0.753. The van der Waals surface area contributed by atoms with Crippen LogP contribution in [0.1, 0.15) is 16.9 Å². The lowest BCUT2D eigenvalue weighted by Crippen LogP contribution is -2.17. The molecule has 0 saturated heterocycles. The molecule has 1 unspecified atom stereocenters. The average molecular weight is 295 g/mol. The summed E-state index contributed by atoms with van der Waals surface area (Å²) in [7, 11) is 0. The quantitative estimate of drug-likeness (QED) is 0.863. The average Bonchev–Trinajstić information content (AvgIpc) is 2.89. The molecule has 0 saturated carbocycles. The first kappa shape index (κ1) is 14.1. The van der Waals surface area contributed by atoms with Gasteiger partial charge in [0.1, 0.15) is 0 Å². The Bertz CT molecular complexity index is 537. The molecule has 0 aliphatic heterocycles. The summed E-state index contributed by atoms with van der Waals surface area (Å²) < 4.78 is 0. The third kappa shape index (κ3) is 4.08. The number of halogens is 1. The molecule has 1 N–H and O–H groups in total. The Kier molecular flexibility index (Phi) is 5.00. The fourth-order valence-electron chi connectivity index (χ4n) is 2.01. The Balaban J connectivity index is 2.00. The monoisotopic (exact) mass is 294 g/mol. The summed E-state index contributed by atoms with van der Waals surface area (Å²) in [5, 5.41) is 12.0. The number of rotatable bonds is 6.